The highest BCUT2D eigenvalue weighted by Crippen LogP contribution is 2.22. The lowest BCUT2D eigenvalue weighted by molar-refractivity contribution is 0.395. The van der Waals surface area contributed by atoms with E-state index in [1.807, 2.05) is 19.0 Å². The average molecular weight is 232 g/mol. The number of anilines is 1. The van der Waals surface area contributed by atoms with E-state index in [-0.39, 0.29) is 0 Å². The van der Waals surface area contributed by atoms with E-state index in [0.29, 0.717) is 10.5 Å². The van der Waals surface area contributed by atoms with Crippen molar-refractivity contribution in [3.05, 3.63) is 10.8 Å². The zero-order valence-corrected chi connectivity index (χ0v) is 8.79. The van der Waals surface area contributed by atoms with Crippen molar-refractivity contribution in [3.8, 4) is 5.88 Å². The van der Waals surface area contributed by atoms with Crippen LogP contribution in [0, 0.1) is 0 Å². The molecule has 0 unspecified atom stereocenters. The minimum Gasteiger partial charge on any atom is -0.478 e. The van der Waals surface area contributed by atoms with Crippen LogP contribution in [0.2, 0.25) is 0 Å². The molecule has 0 saturated carbocycles. The molecule has 0 aliphatic rings. The maximum atomic E-state index is 5.04. The minimum absolute atomic E-state index is 0.523. The first-order chi connectivity index (χ1) is 5.65. The topological polar surface area (TPSA) is 38.3 Å². The fourth-order valence-electron chi connectivity index (χ4n) is 0.789. The number of rotatable bonds is 2. The molecule has 0 aromatic carbocycles. The molecular weight excluding hydrogens is 222 g/mol. The average Bonchev–Trinajstić information content (AvgIpc) is 2.03. The van der Waals surface area contributed by atoms with Gasteiger partial charge >= 0.3 is 0 Å². The molecule has 0 spiro atoms. The third kappa shape index (κ3) is 1.85. The largest absolute Gasteiger partial charge is 0.478 e. The number of halogens is 1. The van der Waals surface area contributed by atoms with Crippen molar-refractivity contribution in [1.29, 1.82) is 0 Å². The summed E-state index contributed by atoms with van der Waals surface area (Å²) in [5.41, 5.74) is 0. The highest BCUT2D eigenvalue weighted by atomic mass is 79.9. The van der Waals surface area contributed by atoms with Crippen LogP contribution in [-0.4, -0.2) is 31.2 Å². The molecule has 1 aromatic rings. The molecular formula is C7H10BrN3O. The normalized spacial score (nSPS) is 9.67. The smallest absolute Gasteiger partial charge is 0.258 e. The highest BCUT2D eigenvalue weighted by Gasteiger charge is 2.07. The predicted octanol–water partition coefficient (Wildman–Crippen LogP) is 1.31. The van der Waals surface area contributed by atoms with Gasteiger partial charge in [0.1, 0.15) is 4.60 Å². The molecule has 1 aromatic heterocycles. The predicted molar refractivity (Wildman–Crippen MR) is 50.6 cm³/mol. The molecule has 4 nitrogen and oxygen atoms in total. The van der Waals surface area contributed by atoms with Crippen molar-refractivity contribution in [2.45, 2.75) is 0 Å². The molecule has 0 aliphatic carbocycles. The molecule has 0 fully saturated rings. The lowest BCUT2D eigenvalue weighted by Gasteiger charge is -2.13. The van der Waals surface area contributed by atoms with Crippen LogP contribution in [0.1, 0.15) is 0 Å². The van der Waals surface area contributed by atoms with E-state index in [9.17, 15) is 0 Å². The molecule has 66 valence electrons. The third-order valence-corrected chi connectivity index (χ3v) is 1.69. The van der Waals surface area contributed by atoms with Crippen LogP contribution in [0.15, 0.2) is 10.8 Å². The number of hydrogen-bond acceptors (Lipinski definition) is 4. The van der Waals surface area contributed by atoms with Gasteiger partial charge in [0, 0.05) is 14.1 Å². The van der Waals surface area contributed by atoms with E-state index in [4.69, 9.17) is 4.74 Å². The molecule has 0 bridgehead atoms. The first-order valence-corrected chi connectivity index (χ1v) is 4.18. The molecule has 12 heavy (non-hydrogen) atoms. The Labute approximate surface area is 79.7 Å². The Balaban J connectivity index is 3.11. The summed E-state index contributed by atoms with van der Waals surface area (Å²) in [5.74, 6) is 1.25. The van der Waals surface area contributed by atoms with E-state index in [1.54, 1.807) is 13.3 Å². The van der Waals surface area contributed by atoms with E-state index in [0.717, 1.165) is 5.82 Å². The van der Waals surface area contributed by atoms with Crippen molar-refractivity contribution in [3.63, 3.8) is 0 Å². The number of hydrogen-bond donors (Lipinski definition) is 0. The summed E-state index contributed by atoms with van der Waals surface area (Å²) < 4.78 is 5.71. The molecule has 0 radical (unpaired) electrons. The summed E-state index contributed by atoms with van der Waals surface area (Å²) in [5, 5.41) is 0. The van der Waals surface area contributed by atoms with E-state index in [2.05, 4.69) is 25.9 Å². The van der Waals surface area contributed by atoms with Gasteiger partial charge in [0.25, 0.3) is 5.88 Å². The van der Waals surface area contributed by atoms with Crippen LogP contribution in [0.3, 0.4) is 0 Å². The maximum Gasteiger partial charge on any atom is 0.258 e. The quantitative estimate of drug-likeness (QED) is 0.770. The van der Waals surface area contributed by atoms with Crippen LogP contribution >= 0.6 is 15.9 Å². The van der Waals surface area contributed by atoms with Gasteiger partial charge in [-0.2, -0.15) is 0 Å². The number of nitrogens with zero attached hydrogens (tertiary/aromatic N) is 3. The summed E-state index contributed by atoms with van der Waals surface area (Å²) >= 11 is 3.21. The maximum absolute atomic E-state index is 5.04. The van der Waals surface area contributed by atoms with Crippen LogP contribution in [0.25, 0.3) is 0 Å². The van der Waals surface area contributed by atoms with Gasteiger partial charge in [0.2, 0.25) is 0 Å². The first-order valence-electron chi connectivity index (χ1n) is 3.39. The monoisotopic (exact) mass is 231 g/mol. The molecule has 5 heteroatoms. The SMILES string of the molecule is COc1nc(Br)cnc1N(C)C. The van der Waals surface area contributed by atoms with Crippen LogP contribution < -0.4 is 9.64 Å². The van der Waals surface area contributed by atoms with Crippen LogP contribution in [0.5, 0.6) is 5.88 Å². The molecule has 0 N–H and O–H groups in total. The molecule has 0 saturated heterocycles. The molecule has 1 rings (SSSR count). The fraction of sp³-hybridized carbons (Fsp3) is 0.429. The van der Waals surface area contributed by atoms with Gasteiger partial charge in [0.15, 0.2) is 5.82 Å². The van der Waals surface area contributed by atoms with Gasteiger partial charge in [-0.3, -0.25) is 0 Å². The van der Waals surface area contributed by atoms with Crippen molar-refractivity contribution >= 4 is 21.7 Å². The van der Waals surface area contributed by atoms with E-state index in [1.165, 1.54) is 0 Å². The standard InChI is InChI=1S/C7H10BrN3O/c1-11(2)6-7(12-3)10-5(8)4-9-6/h4H,1-3H3. The summed E-state index contributed by atoms with van der Waals surface area (Å²) in [7, 11) is 5.35. The molecule has 0 aliphatic heterocycles. The van der Waals surface area contributed by atoms with Crippen molar-refractivity contribution in [1.82, 2.24) is 9.97 Å². The number of ether oxygens (including phenoxy) is 1. The van der Waals surface area contributed by atoms with Crippen molar-refractivity contribution < 1.29 is 4.74 Å². The Morgan fingerprint density at radius 3 is 2.67 bits per heavy atom. The summed E-state index contributed by atoms with van der Waals surface area (Å²) in [6, 6.07) is 0. The molecule has 1 heterocycles. The fourth-order valence-corrected chi connectivity index (χ4v) is 1.05. The van der Waals surface area contributed by atoms with Crippen LogP contribution in [0.4, 0.5) is 5.82 Å². The van der Waals surface area contributed by atoms with Gasteiger partial charge in [-0.25, -0.2) is 9.97 Å². The zero-order chi connectivity index (χ0) is 9.14. The minimum atomic E-state index is 0.523. The Hall–Kier alpha value is -0.840. The van der Waals surface area contributed by atoms with E-state index < -0.39 is 0 Å². The first kappa shape index (κ1) is 9.25. The summed E-state index contributed by atoms with van der Waals surface area (Å²) in [6.07, 6.45) is 1.64. The van der Waals surface area contributed by atoms with E-state index >= 15 is 0 Å². The highest BCUT2D eigenvalue weighted by molar-refractivity contribution is 9.10. The second-order valence-electron chi connectivity index (χ2n) is 2.42. The third-order valence-electron chi connectivity index (χ3n) is 1.31. The Morgan fingerprint density at radius 2 is 2.17 bits per heavy atom. The van der Waals surface area contributed by atoms with Gasteiger partial charge < -0.3 is 9.64 Å². The van der Waals surface area contributed by atoms with Crippen molar-refractivity contribution in [2.75, 3.05) is 26.1 Å². The lowest BCUT2D eigenvalue weighted by Crippen LogP contribution is -2.12. The van der Waals surface area contributed by atoms with Crippen LogP contribution in [-0.2, 0) is 0 Å². The summed E-state index contributed by atoms with van der Waals surface area (Å²) in [4.78, 5) is 10.1. The number of aromatic nitrogens is 2. The van der Waals surface area contributed by atoms with Gasteiger partial charge in [-0.05, 0) is 15.9 Å². The molecule has 0 atom stereocenters. The summed E-state index contributed by atoms with van der Waals surface area (Å²) in [6.45, 7) is 0. The zero-order valence-electron chi connectivity index (χ0n) is 7.21. The number of methoxy groups -OCH3 is 1. The van der Waals surface area contributed by atoms with Gasteiger partial charge in [-0.1, -0.05) is 0 Å². The second kappa shape index (κ2) is 3.71. The Morgan fingerprint density at radius 1 is 1.50 bits per heavy atom. The molecule has 0 amide bonds. The van der Waals surface area contributed by atoms with Gasteiger partial charge in [0.05, 0.1) is 13.3 Å². The Kier molecular flexibility index (Phi) is 2.86. The Bertz CT molecular complexity index is 277. The van der Waals surface area contributed by atoms with Crippen molar-refractivity contribution in [2.24, 2.45) is 0 Å². The second-order valence-corrected chi connectivity index (χ2v) is 3.23. The van der Waals surface area contributed by atoms with Gasteiger partial charge in [-0.15, -0.1) is 0 Å². The lowest BCUT2D eigenvalue weighted by atomic mass is 10.6.